The highest BCUT2D eigenvalue weighted by molar-refractivity contribution is 4.74. The molecule has 1 nitrogen and oxygen atoms in total. The van der Waals surface area contributed by atoms with Crippen LogP contribution < -0.4 is 5.32 Å². The molecule has 0 spiro atoms. The van der Waals surface area contributed by atoms with Gasteiger partial charge in [0.15, 0.2) is 0 Å². The van der Waals surface area contributed by atoms with Gasteiger partial charge in [-0.05, 0) is 38.3 Å². The predicted octanol–water partition coefficient (Wildman–Crippen LogP) is 4.91. The first-order valence-electron chi connectivity index (χ1n) is 8.14. The fourth-order valence-electron chi connectivity index (χ4n) is 2.37. The summed E-state index contributed by atoms with van der Waals surface area (Å²) in [6.07, 6.45) is 17.4. The quantitative estimate of drug-likeness (QED) is 0.450. The largest absolute Gasteiger partial charge is 0.316 e. The van der Waals surface area contributed by atoms with Crippen LogP contribution in [-0.2, 0) is 0 Å². The van der Waals surface area contributed by atoms with E-state index in [0.717, 1.165) is 5.92 Å². The standard InChI is InChI=1S/C16H33N/c1-2-3-4-5-6-7-8-9-10-11-14-17-15-16-12-13-16/h16-17H,2-15H2,1H3. The number of hydrogen-bond acceptors (Lipinski definition) is 1. The molecule has 1 heteroatoms. The van der Waals surface area contributed by atoms with E-state index in [9.17, 15) is 0 Å². The zero-order valence-electron chi connectivity index (χ0n) is 12.0. The molecular weight excluding hydrogens is 206 g/mol. The molecule has 1 aliphatic rings. The van der Waals surface area contributed by atoms with E-state index in [0.29, 0.717) is 0 Å². The van der Waals surface area contributed by atoms with Gasteiger partial charge in [0, 0.05) is 0 Å². The minimum Gasteiger partial charge on any atom is -0.316 e. The Labute approximate surface area is 109 Å². The molecule has 0 aliphatic heterocycles. The highest BCUT2D eigenvalue weighted by Crippen LogP contribution is 2.27. The van der Waals surface area contributed by atoms with Gasteiger partial charge in [-0.15, -0.1) is 0 Å². The van der Waals surface area contributed by atoms with Crippen molar-refractivity contribution in [3.63, 3.8) is 0 Å². The molecule has 0 saturated heterocycles. The summed E-state index contributed by atoms with van der Waals surface area (Å²) in [6, 6.07) is 0. The molecule has 102 valence electrons. The monoisotopic (exact) mass is 239 g/mol. The Morgan fingerprint density at radius 3 is 1.82 bits per heavy atom. The Balaban J connectivity index is 1.61. The van der Waals surface area contributed by atoms with Crippen LogP contribution in [0.5, 0.6) is 0 Å². The van der Waals surface area contributed by atoms with Gasteiger partial charge in [-0.2, -0.15) is 0 Å². The highest BCUT2D eigenvalue weighted by Gasteiger charge is 2.19. The van der Waals surface area contributed by atoms with Gasteiger partial charge >= 0.3 is 0 Å². The van der Waals surface area contributed by atoms with Gasteiger partial charge in [0.25, 0.3) is 0 Å². The van der Waals surface area contributed by atoms with Crippen molar-refractivity contribution in [1.29, 1.82) is 0 Å². The normalized spacial score (nSPS) is 15.4. The van der Waals surface area contributed by atoms with Gasteiger partial charge in [-0.1, -0.05) is 64.7 Å². The van der Waals surface area contributed by atoms with Crippen molar-refractivity contribution < 1.29 is 0 Å². The molecule has 0 aromatic rings. The van der Waals surface area contributed by atoms with Crippen molar-refractivity contribution in [3.8, 4) is 0 Å². The SMILES string of the molecule is CCCCCCCCCCCCNCC1CC1. The topological polar surface area (TPSA) is 12.0 Å². The molecule has 0 unspecified atom stereocenters. The molecule has 0 heterocycles. The Hall–Kier alpha value is -0.0400. The van der Waals surface area contributed by atoms with E-state index in [4.69, 9.17) is 0 Å². The molecule has 0 atom stereocenters. The first-order valence-corrected chi connectivity index (χ1v) is 8.14. The van der Waals surface area contributed by atoms with Gasteiger partial charge in [-0.3, -0.25) is 0 Å². The molecule has 0 aromatic heterocycles. The molecule has 1 aliphatic carbocycles. The minimum atomic E-state index is 1.04. The van der Waals surface area contributed by atoms with Gasteiger partial charge in [0.1, 0.15) is 0 Å². The second kappa shape index (κ2) is 11.1. The lowest BCUT2D eigenvalue weighted by Crippen LogP contribution is -2.17. The third kappa shape index (κ3) is 10.8. The number of unbranched alkanes of at least 4 members (excludes halogenated alkanes) is 9. The second-order valence-corrected chi connectivity index (χ2v) is 5.83. The van der Waals surface area contributed by atoms with Crippen LogP contribution in [0.2, 0.25) is 0 Å². The van der Waals surface area contributed by atoms with E-state index in [1.54, 1.807) is 0 Å². The molecule has 0 bridgehead atoms. The van der Waals surface area contributed by atoms with Crippen molar-refractivity contribution in [3.05, 3.63) is 0 Å². The minimum absolute atomic E-state index is 1.04. The van der Waals surface area contributed by atoms with E-state index in [1.807, 2.05) is 0 Å². The maximum atomic E-state index is 3.57. The summed E-state index contributed by atoms with van der Waals surface area (Å²) in [7, 11) is 0. The summed E-state index contributed by atoms with van der Waals surface area (Å²) in [4.78, 5) is 0. The first kappa shape index (κ1) is 15.0. The third-order valence-electron chi connectivity index (χ3n) is 3.84. The predicted molar refractivity (Wildman–Crippen MR) is 77.4 cm³/mol. The van der Waals surface area contributed by atoms with E-state index in [2.05, 4.69) is 12.2 Å². The van der Waals surface area contributed by atoms with Crippen molar-refractivity contribution >= 4 is 0 Å². The average molecular weight is 239 g/mol. The molecular formula is C16H33N. The van der Waals surface area contributed by atoms with Crippen LogP contribution in [0.4, 0.5) is 0 Å². The maximum absolute atomic E-state index is 3.57. The lowest BCUT2D eigenvalue weighted by molar-refractivity contribution is 0.539. The fraction of sp³-hybridized carbons (Fsp3) is 1.00. The smallest absolute Gasteiger partial charge is 0.00205 e. The summed E-state index contributed by atoms with van der Waals surface area (Å²) in [6.45, 7) is 4.84. The number of hydrogen-bond donors (Lipinski definition) is 1. The van der Waals surface area contributed by atoms with E-state index >= 15 is 0 Å². The van der Waals surface area contributed by atoms with Crippen LogP contribution in [0.3, 0.4) is 0 Å². The fourth-order valence-corrected chi connectivity index (χ4v) is 2.37. The summed E-state index contributed by atoms with van der Waals surface area (Å²) in [5, 5.41) is 3.57. The molecule has 0 amide bonds. The van der Waals surface area contributed by atoms with E-state index in [-0.39, 0.29) is 0 Å². The summed E-state index contributed by atoms with van der Waals surface area (Å²) >= 11 is 0. The van der Waals surface area contributed by atoms with Crippen molar-refractivity contribution in [1.82, 2.24) is 5.32 Å². The highest BCUT2D eigenvalue weighted by atomic mass is 14.9. The third-order valence-corrected chi connectivity index (χ3v) is 3.84. The van der Waals surface area contributed by atoms with Crippen LogP contribution in [0.1, 0.15) is 84.0 Å². The number of rotatable bonds is 13. The van der Waals surface area contributed by atoms with E-state index < -0.39 is 0 Å². The second-order valence-electron chi connectivity index (χ2n) is 5.83. The number of nitrogens with one attached hydrogen (secondary N) is 1. The van der Waals surface area contributed by atoms with Crippen LogP contribution in [-0.4, -0.2) is 13.1 Å². The van der Waals surface area contributed by atoms with Crippen LogP contribution in [0, 0.1) is 5.92 Å². The molecule has 0 radical (unpaired) electrons. The van der Waals surface area contributed by atoms with E-state index in [1.165, 1.54) is 90.1 Å². The summed E-state index contributed by atoms with van der Waals surface area (Å²) < 4.78 is 0. The van der Waals surface area contributed by atoms with Gasteiger partial charge in [0.2, 0.25) is 0 Å². The van der Waals surface area contributed by atoms with Gasteiger partial charge in [0.05, 0.1) is 0 Å². The Kier molecular flexibility index (Phi) is 9.78. The lowest BCUT2D eigenvalue weighted by Gasteiger charge is -2.04. The zero-order valence-corrected chi connectivity index (χ0v) is 12.0. The van der Waals surface area contributed by atoms with Crippen molar-refractivity contribution in [2.45, 2.75) is 84.0 Å². The van der Waals surface area contributed by atoms with Crippen molar-refractivity contribution in [2.24, 2.45) is 5.92 Å². The molecule has 17 heavy (non-hydrogen) atoms. The molecule has 1 rings (SSSR count). The Morgan fingerprint density at radius 2 is 1.29 bits per heavy atom. The summed E-state index contributed by atoms with van der Waals surface area (Å²) in [5.74, 6) is 1.04. The molecule has 1 saturated carbocycles. The Bertz CT molecular complexity index is 152. The molecule has 1 N–H and O–H groups in total. The zero-order chi connectivity index (χ0) is 12.2. The van der Waals surface area contributed by atoms with Crippen LogP contribution in [0.25, 0.3) is 0 Å². The first-order chi connectivity index (χ1) is 8.43. The molecule has 1 fully saturated rings. The van der Waals surface area contributed by atoms with Crippen molar-refractivity contribution in [2.75, 3.05) is 13.1 Å². The van der Waals surface area contributed by atoms with Crippen LogP contribution >= 0.6 is 0 Å². The lowest BCUT2D eigenvalue weighted by atomic mass is 10.1. The van der Waals surface area contributed by atoms with Gasteiger partial charge in [-0.25, -0.2) is 0 Å². The van der Waals surface area contributed by atoms with Gasteiger partial charge < -0.3 is 5.32 Å². The summed E-state index contributed by atoms with van der Waals surface area (Å²) in [5.41, 5.74) is 0. The maximum Gasteiger partial charge on any atom is -0.00205 e. The Morgan fingerprint density at radius 1 is 0.765 bits per heavy atom. The van der Waals surface area contributed by atoms with Crippen LogP contribution in [0.15, 0.2) is 0 Å². The average Bonchev–Trinajstić information content (AvgIpc) is 3.15. The molecule has 0 aromatic carbocycles.